The van der Waals surface area contributed by atoms with Crippen molar-refractivity contribution in [1.29, 1.82) is 0 Å². The molecule has 0 fully saturated rings. The second-order valence-electron chi connectivity index (χ2n) is 5.93. The van der Waals surface area contributed by atoms with Gasteiger partial charge in [0.05, 0.1) is 11.4 Å². The van der Waals surface area contributed by atoms with E-state index in [0.29, 0.717) is 18.1 Å². The van der Waals surface area contributed by atoms with E-state index in [2.05, 4.69) is 5.10 Å². The minimum absolute atomic E-state index is 0.0332. The van der Waals surface area contributed by atoms with E-state index >= 15 is 0 Å². The molecule has 0 aliphatic heterocycles. The minimum atomic E-state index is -0.839. The molecular formula is C20H20N2O3. The fourth-order valence-corrected chi connectivity index (χ4v) is 2.70. The van der Waals surface area contributed by atoms with Crippen LogP contribution in [0.5, 0.6) is 11.6 Å². The SMILES string of the molecule is Cc1cccc(Oc2c(CCC(=O)O)c(C)nn2-c2ccccc2)c1. The summed E-state index contributed by atoms with van der Waals surface area (Å²) < 4.78 is 7.87. The predicted molar refractivity (Wildman–Crippen MR) is 95.5 cm³/mol. The van der Waals surface area contributed by atoms with Crippen molar-refractivity contribution in [2.24, 2.45) is 0 Å². The average molecular weight is 336 g/mol. The molecule has 128 valence electrons. The summed E-state index contributed by atoms with van der Waals surface area (Å²) in [5.41, 5.74) is 3.54. The van der Waals surface area contributed by atoms with E-state index in [0.717, 1.165) is 22.5 Å². The Morgan fingerprint density at radius 2 is 1.88 bits per heavy atom. The summed E-state index contributed by atoms with van der Waals surface area (Å²) in [6.07, 6.45) is 0.403. The molecule has 0 unspecified atom stereocenters. The van der Waals surface area contributed by atoms with Crippen LogP contribution in [0.3, 0.4) is 0 Å². The Balaban J connectivity index is 2.06. The second-order valence-corrected chi connectivity index (χ2v) is 5.93. The zero-order chi connectivity index (χ0) is 17.8. The van der Waals surface area contributed by atoms with Crippen LogP contribution in [0.4, 0.5) is 0 Å². The molecule has 0 atom stereocenters. The third kappa shape index (κ3) is 3.88. The molecular weight excluding hydrogens is 316 g/mol. The fraction of sp³-hybridized carbons (Fsp3) is 0.200. The van der Waals surface area contributed by atoms with Gasteiger partial charge >= 0.3 is 5.97 Å². The van der Waals surface area contributed by atoms with E-state index in [4.69, 9.17) is 9.84 Å². The summed E-state index contributed by atoms with van der Waals surface area (Å²) in [5.74, 6) is 0.428. The van der Waals surface area contributed by atoms with Gasteiger partial charge < -0.3 is 9.84 Å². The molecule has 0 spiro atoms. The predicted octanol–water partition coefficient (Wildman–Crippen LogP) is 4.30. The Kier molecular flexibility index (Phi) is 4.84. The van der Waals surface area contributed by atoms with Crippen molar-refractivity contribution < 1.29 is 14.6 Å². The van der Waals surface area contributed by atoms with Crippen molar-refractivity contribution >= 4 is 5.97 Å². The van der Waals surface area contributed by atoms with E-state index in [1.807, 2.05) is 68.4 Å². The highest BCUT2D eigenvalue weighted by Gasteiger charge is 2.19. The number of aliphatic carboxylic acids is 1. The van der Waals surface area contributed by atoms with Gasteiger partial charge in [0, 0.05) is 12.0 Å². The van der Waals surface area contributed by atoms with E-state index < -0.39 is 5.97 Å². The molecule has 3 aromatic rings. The minimum Gasteiger partial charge on any atom is -0.481 e. The summed E-state index contributed by atoms with van der Waals surface area (Å²) in [6.45, 7) is 3.87. The van der Waals surface area contributed by atoms with Crippen LogP contribution in [0.15, 0.2) is 54.6 Å². The Morgan fingerprint density at radius 1 is 1.12 bits per heavy atom. The summed E-state index contributed by atoms with van der Waals surface area (Å²) in [6, 6.07) is 17.4. The molecule has 0 saturated carbocycles. The van der Waals surface area contributed by atoms with Gasteiger partial charge in [0.25, 0.3) is 0 Å². The van der Waals surface area contributed by atoms with Crippen LogP contribution in [0.1, 0.15) is 23.2 Å². The summed E-state index contributed by atoms with van der Waals surface area (Å²) in [4.78, 5) is 11.0. The van der Waals surface area contributed by atoms with Gasteiger partial charge in [-0.15, -0.1) is 0 Å². The van der Waals surface area contributed by atoms with Gasteiger partial charge in [-0.1, -0.05) is 30.3 Å². The molecule has 0 aliphatic rings. The van der Waals surface area contributed by atoms with Gasteiger partial charge in [-0.2, -0.15) is 5.10 Å². The number of carboxylic acids is 1. The van der Waals surface area contributed by atoms with E-state index in [1.165, 1.54) is 0 Å². The first-order chi connectivity index (χ1) is 12.0. The maximum Gasteiger partial charge on any atom is 0.303 e. The van der Waals surface area contributed by atoms with Crippen LogP contribution >= 0.6 is 0 Å². The monoisotopic (exact) mass is 336 g/mol. The Morgan fingerprint density at radius 3 is 2.56 bits per heavy atom. The Bertz CT molecular complexity index is 885. The van der Waals surface area contributed by atoms with Gasteiger partial charge in [0.15, 0.2) is 0 Å². The summed E-state index contributed by atoms with van der Waals surface area (Å²) >= 11 is 0. The van der Waals surface area contributed by atoms with Crippen molar-refractivity contribution in [2.75, 3.05) is 0 Å². The number of carbonyl (C=O) groups is 1. The summed E-state index contributed by atoms with van der Waals surface area (Å²) in [5, 5.41) is 13.6. The molecule has 0 radical (unpaired) electrons. The number of hydrogen-bond acceptors (Lipinski definition) is 3. The standard InChI is InChI=1S/C20H20N2O3/c1-14-7-6-10-17(13-14)25-20-18(11-12-19(23)24)15(2)21-22(20)16-8-4-3-5-9-16/h3-10,13H,11-12H2,1-2H3,(H,23,24). The van der Waals surface area contributed by atoms with Crippen molar-refractivity contribution in [3.05, 3.63) is 71.4 Å². The molecule has 5 heteroatoms. The van der Waals surface area contributed by atoms with Crippen molar-refractivity contribution in [3.63, 3.8) is 0 Å². The summed E-state index contributed by atoms with van der Waals surface area (Å²) in [7, 11) is 0. The lowest BCUT2D eigenvalue weighted by Gasteiger charge is -2.11. The van der Waals surface area contributed by atoms with Crippen molar-refractivity contribution in [1.82, 2.24) is 9.78 Å². The first-order valence-electron chi connectivity index (χ1n) is 8.15. The Hall–Kier alpha value is -3.08. The number of carboxylic acid groups (broad SMARTS) is 1. The topological polar surface area (TPSA) is 64.3 Å². The van der Waals surface area contributed by atoms with Crippen LogP contribution in [0.25, 0.3) is 5.69 Å². The number of rotatable bonds is 6. The highest BCUT2D eigenvalue weighted by molar-refractivity contribution is 5.67. The van der Waals surface area contributed by atoms with Gasteiger partial charge in [-0.3, -0.25) is 4.79 Å². The maximum absolute atomic E-state index is 11.0. The van der Waals surface area contributed by atoms with Crippen molar-refractivity contribution in [3.8, 4) is 17.3 Å². The lowest BCUT2D eigenvalue weighted by molar-refractivity contribution is -0.136. The average Bonchev–Trinajstić information content (AvgIpc) is 2.89. The molecule has 1 aromatic heterocycles. The molecule has 0 amide bonds. The van der Waals surface area contributed by atoms with Gasteiger partial charge in [0.1, 0.15) is 5.75 Å². The number of para-hydroxylation sites is 1. The van der Waals surface area contributed by atoms with Crippen LogP contribution in [0, 0.1) is 13.8 Å². The molecule has 3 rings (SSSR count). The maximum atomic E-state index is 11.0. The molecule has 2 aromatic carbocycles. The normalized spacial score (nSPS) is 10.6. The molecule has 1 heterocycles. The molecule has 1 N–H and O–H groups in total. The number of aryl methyl sites for hydroxylation is 2. The van der Waals surface area contributed by atoms with Crippen LogP contribution in [-0.2, 0) is 11.2 Å². The molecule has 0 aliphatic carbocycles. The highest BCUT2D eigenvalue weighted by atomic mass is 16.5. The van der Waals surface area contributed by atoms with Gasteiger partial charge in [0.2, 0.25) is 5.88 Å². The number of ether oxygens (including phenoxy) is 1. The largest absolute Gasteiger partial charge is 0.481 e. The molecule has 0 saturated heterocycles. The first kappa shape index (κ1) is 16.8. The molecule has 0 bridgehead atoms. The van der Waals surface area contributed by atoms with Crippen LogP contribution in [0.2, 0.25) is 0 Å². The quantitative estimate of drug-likeness (QED) is 0.729. The van der Waals surface area contributed by atoms with E-state index in [-0.39, 0.29) is 6.42 Å². The Labute approximate surface area is 146 Å². The number of benzene rings is 2. The van der Waals surface area contributed by atoms with Gasteiger partial charge in [-0.25, -0.2) is 4.68 Å². The third-order valence-corrected chi connectivity index (χ3v) is 3.93. The fourth-order valence-electron chi connectivity index (χ4n) is 2.70. The van der Waals surface area contributed by atoms with Crippen LogP contribution in [-0.4, -0.2) is 20.9 Å². The smallest absolute Gasteiger partial charge is 0.303 e. The lowest BCUT2D eigenvalue weighted by atomic mass is 10.1. The molecule has 25 heavy (non-hydrogen) atoms. The number of aromatic nitrogens is 2. The highest BCUT2D eigenvalue weighted by Crippen LogP contribution is 2.31. The third-order valence-electron chi connectivity index (χ3n) is 3.93. The number of hydrogen-bond donors (Lipinski definition) is 1. The van der Waals surface area contributed by atoms with E-state index in [9.17, 15) is 4.79 Å². The van der Waals surface area contributed by atoms with Gasteiger partial charge in [-0.05, 0) is 50.1 Å². The zero-order valence-corrected chi connectivity index (χ0v) is 14.3. The first-order valence-corrected chi connectivity index (χ1v) is 8.15. The second kappa shape index (κ2) is 7.21. The van der Waals surface area contributed by atoms with Crippen LogP contribution < -0.4 is 4.74 Å². The zero-order valence-electron chi connectivity index (χ0n) is 14.3. The van der Waals surface area contributed by atoms with E-state index in [1.54, 1.807) is 4.68 Å². The number of nitrogens with zero attached hydrogens (tertiary/aromatic N) is 2. The molecule has 5 nitrogen and oxygen atoms in total. The van der Waals surface area contributed by atoms with Crippen molar-refractivity contribution in [2.45, 2.75) is 26.7 Å². The lowest BCUT2D eigenvalue weighted by Crippen LogP contribution is -2.02.